The lowest BCUT2D eigenvalue weighted by Gasteiger charge is -2.14. The maximum absolute atomic E-state index is 12.9. The van der Waals surface area contributed by atoms with Crippen LogP contribution in [0.4, 0.5) is 10.1 Å². The van der Waals surface area contributed by atoms with Crippen molar-refractivity contribution in [2.45, 2.75) is 17.9 Å². The second-order valence-corrected chi connectivity index (χ2v) is 7.88. The third kappa shape index (κ3) is 5.03. The molecule has 1 atom stereocenters. The molecule has 0 spiro atoms. The number of rotatable bonds is 5. The Morgan fingerprint density at radius 2 is 1.77 bits per heavy atom. The summed E-state index contributed by atoms with van der Waals surface area (Å²) in [7, 11) is -3.54. The predicted octanol–water partition coefficient (Wildman–Crippen LogP) is 3.07. The molecule has 9 heteroatoms. The summed E-state index contributed by atoms with van der Waals surface area (Å²) in [5, 5.41) is 2.46. The lowest BCUT2D eigenvalue weighted by molar-refractivity contribution is -0.123. The molecule has 1 amide bonds. The van der Waals surface area contributed by atoms with Crippen LogP contribution in [0.2, 0.25) is 5.02 Å². The van der Waals surface area contributed by atoms with Gasteiger partial charge < -0.3 is 10.1 Å². The normalized spacial score (nSPS) is 12.3. The van der Waals surface area contributed by atoms with E-state index in [1.54, 1.807) is 0 Å². The first kappa shape index (κ1) is 19.9. The van der Waals surface area contributed by atoms with Gasteiger partial charge in [0.25, 0.3) is 5.91 Å². The molecule has 0 aliphatic rings. The van der Waals surface area contributed by atoms with E-state index in [4.69, 9.17) is 16.3 Å². The van der Waals surface area contributed by atoms with E-state index >= 15 is 0 Å². The number of carbonyl (C=O) groups excluding carboxylic acids is 2. The fraction of sp³-hybridized carbons (Fsp3) is 0.176. The van der Waals surface area contributed by atoms with Crippen LogP contribution in [0.15, 0.2) is 47.4 Å². The van der Waals surface area contributed by atoms with Crippen molar-refractivity contribution in [3.8, 4) is 0 Å². The summed E-state index contributed by atoms with van der Waals surface area (Å²) < 4.78 is 41.1. The molecule has 0 fully saturated rings. The van der Waals surface area contributed by atoms with Crippen LogP contribution in [-0.2, 0) is 19.4 Å². The van der Waals surface area contributed by atoms with Crippen LogP contribution in [0.25, 0.3) is 0 Å². The van der Waals surface area contributed by atoms with Gasteiger partial charge >= 0.3 is 5.97 Å². The van der Waals surface area contributed by atoms with Crippen LogP contribution in [0, 0.1) is 5.82 Å². The first-order valence-electron chi connectivity index (χ1n) is 7.35. The summed E-state index contributed by atoms with van der Waals surface area (Å²) in [5.74, 6) is -2.04. The second kappa shape index (κ2) is 7.84. The number of carbonyl (C=O) groups is 2. The first-order valence-corrected chi connectivity index (χ1v) is 9.62. The zero-order valence-corrected chi connectivity index (χ0v) is 15.4. The molecular weight excluding hydrogens is 385 g/mol. The lowest BCUT2D eigenvalue weighted by Crippen LogP contribution is -2.30. The Labute approximate surface area is 154 Å². The van der Waals surface area contributed by atoms with Crippen molar-refractivity contribution >= 4 is 39.0 Å². The Bertz CT molecular complexity index is 944. The summed E-state index contributed by atoms with van der Waals surface area (Å²) in [6.07, 6.45) is -0.199. The van der Waals surface area contributed by atoms with E-state index in [0.717, 1.165) is 12.3 Å². The van der Waals surface area contributed by atoms with Gasteiger partial charge in [-0.3, -0.25) is 4.79 Å². The van der Waals surface area contributed by atoms with Crippen molar-refractivity contribution in [3.63, 3.8) is 0 Å². The van der Waals surface area contributed by atoms with Crippen LogP contribution in [0.1, 0.15) is 17.3 Å². The minimum atomic E-state index is -3.54. The summed E-state index contributed by atoms with van der Waals surface area (Å²) in [6.45, 7) is 1.34. The summed E-state index contributed by atoms with van der Waals surface area (Å²) in [6, 6.07) is 8.66. The number of sulfone groups is 1. The van der Waals surface area contributed by atoms with Crippen molar-refractivity contribution in [2.24, 2.45) is 0 Å². The van der Waals surface area contributed by atoms with Gasteiger partial charge in [-0.15, -0.1) is 0 Å². The standard InChI is InChI=1S/C17H15ClFNO5S/c1-10(16(21)20-12-5-3-11(19)4-6-12)25-17(22)14-9-13(26(2,23)24)7-8-15(14)18/h3-10H,1-2H3,(H,20,21)/t10-/m0/s1. The van der Waals surface area contributed by atoms with E-state index in [-0.39, 0.29) is 15.5 Å². The molecule has 0 aromatic heterocycles. The average Bonchev–Trinajstić information content (AvgIpc) is 2.56. The Balaban J connectivity index is 2.11. The third-order valence-corrected chi connectivity index (χ3v) is 4.79. The fourth-order valence-electron chi connectivity index (χ4n) is 1.95. The molecule has 0 radical (unpaired) electrons. The van der Waals surface area contributed by atoms with Crippen LogP contribution in [0.5, 0.6) is 0 Å². The SMILES string of the molecule is C[C@H](OC(=O)c1cc(S(C)(=O)=O)ccc1Cl)C(=O)Nc1ccc(F)cc1. The highest BCUT2D eigenvalue weighted by atomic mass is 35.5. The number of amides is 1. The van der Waals surface area contributed by atoms with Gasteiger partial charge in [0.15, 0.2) is 15.9 Å². The zero-order chi connectivity index (χ0) is 19.5. The number of benzene rings is 2. The second-order valence-electron chi connectivity index (χ2n) is 5.46. The van der Waals surface area contributed by atoms with Gasteiger partial charge in [-0.2, -0.15) is 0 Å². The number of halogens is 2. The van der Waals surface area contributed by atoms with Crippen molar-refractivity contribution in [2.75, 3.05) is 11.6 Å². The molecule has 2 rings (SSSR count). The molecule has 0 aliphatic carbocycles. The van der Waals surface area contributed by atoms with Gasteiger partial charge in [0.05, 0.1) is 15.5 Å². The van der Waals surface area contributed by atoms with Gasteiger partial charge in [-0.1, -0.05) is 11.6 Å². The lowest BCUT2D eigenvalue weighted by atomic mass is 10.2. The van der Waals surface area contributed by atoms with E-state index in [9.17, 15) is 22.4 Å². The Kier molecular flexibility index (Phi) is 5.99. The van der Waals surface area contributed by atoms with Crippen molar-refractivity contribution in [1.29, 1.82) is 0 Å². The van der Waals surface area contributed by atoms with E-state index in [0.29, 0.717) is 5.69 Å². The number of ether oxygens (including phenoxy) is 1. The summed E-state index contributed by atoms with van der Waals surface area (Å²) >= 11 is 5.92. The van der Waals surface area contributed by atoms with Crippen LogP contribution < -0.4 is 5.32 Å². The van der Waals surface area contributed by atoms with Gasteiger partial charge in [0, 0.05) is 11.9 Å². The quantitative estimate of drug-likeness (QED) is 0.780. The molecule has 0 unspecified atom stereocenters. The molecule has 138 valence electrons. The molecule has 6 nitrogen and oxygen atoms in total. The number of nitrogens with one attached hydrogen (secondary N) is 1. The summed E-state index contributed by atoms with van der Waals surface area (Å²) in [5.41, 5.74) is 0.160. The topological polar surface area (TPSA) is 89.5 Å². The fourth-order valence-corrected chi connectivity index (χ4v) is 2.79. The molecule has 0 heterocycles. The molecule has 1 N–H and O–H groups in total. The molecule has 26 heavy (non-hydrogen) atoms. The molecule has 0 aliphatic heterocycles. The Morgan fingerprint density at radius 3 is 2.35 bits per heavy atom. The number of hydrogen-bond donors (Lipinski definition) is 1. The summed E-state index contributed by atoms with van der Waals surface area (Å²) in [4.78, 5) is 24.2. The van der Waals surface area contributed by atoms with Gasteiger partial charge in [-0.05, 0) is 49.4 Å². The van der Waals surface area contributed by atoms with Gasteiger partial charge in [0.1, 0.15) is 5.82 Å². The number of esters is 1. The van der Waals surface area contributed by atoms with Crippen molar-refractivity contribution in [3.05, 3.63) is 58.9 Å². The minimum absolute atomic E-state index is 0.00598. The molecule has 0 saturated heterocycles. The maximum atomic E-state index is 12.9. The van der Waals surface area contributed by atoms with Gasteiger partial charge in [0.2, 0.25) is 0 Å². The molecule has 0 saturated carbocycles. The number of hydrogen-bond acceptors (Lipinski definition) is 5. The van der Waals surface area contributed by atoms with Crippen LogP contribution >= 0.6 is 11.6 Å². The van der Waals surface area contributed by atoms with Crippen LogP contribution in [0.3, 0.4) is 0 Å². The predicted molar refractivity (Wildman–Crippen MR) is 94.5 cm³/mol. The van der Waals surface area contributed by atoms with Crippen LogP contribution in [-0.4, -0.2) is 32.7 Å². The molecular formula is C17H15ClFNO5S. The Hall–Kier alpha value is -2.45. The first-order chi connectivity index (χ1) is 12.1. The van der Waals surface area contributed by atoms with Crippen molar-refractivity contribution in [1.82, 2.24) is 0 Å². The molecule has 0 bridgehead atoms. The zero-order valence-electron chi connectivity index (χ0n) is 13.8. The highest BCUT2D eigenvalue weighted by Gasteiger charge is 2.22. The Morgan fingerprint density at radius 1 is 1.15 bits per heavy atom. The average molecular weight is 400 g/mol. The molecule has 2 aromatic carbocycles. The van der Waals surface area contributed by atoms with E-state index in [2.05, 4.69) is 5.32 Å². The van der Waals surface area contributed by atoms with Gasteiger partial charge in [-0.25, -0.2) is 17.6 Å². The molecule has 2 aromatic rings. The highest BCUT2D eigenvalue weighted by Crippen LogP contribution is 2.22. The van der Waals surface area contributed by atoms with E-state index < -0.39 is 33.6 Å². The highest BCUT2D eigenvalue weighted by molar-refractivity contribution is 7.90. The maximum Gasteiger partial charge on any atom is 0.340 e. The third-order valence-electron chi connectivity index (χ3n) is 3.35. The van der Waals surface area contributed by atoms with E-state index in [1.165, 1.54) is 43.3 Å². The number of anilines is 1. The van der Waals surface area contributed by atoms with Crippen molar-refractivity contribution < 1.29 is 27.1 Å². The smallest absolute Gasteiger partial charge is 0.340 e. The largest absolute Gasteiger partial charge is 0.449 e. The minimum Gasteiger partial charge on any atom is -0.449 e. The van der Waals surface area contributed by atoms with E-state index in [1.807, 2.05) is 0 Å². The monoisotopic (exact) mass is 399 g/mol.